The molecule has 2 rings (SSSR count). The lowest BCUT2D eigenvalue weighted by Gasteiger charge is -2.29. The molecule has 1 fully saturated rings. The van der Waals surface area contributed by atoms with Crippen LogP contribution in [0.1, 0.15) is 42.3 Å². The minimum absolute atomic E-state index is 0.108. The molecule has 21 heavy (non-hydrogen) atoms. The van der Waals surface area contributed by atoms with Gasteiger partial charge in [-0.3, -0.25) is 4.79 Å². The summed E-state index contributed by atoms with van der Waals surface area (Å²) in [5, 5.41) is 6.86. The minimum atomic E-state index is -0.108. The maximum Gasteiger partial charge on any atom is 0.265 e. The summed E-state index contributed by atoms with van der Waals surface area (Å²) in [5.41, 5.74) is 5.85. The first-order valence-electron chi connectivity index (χ1n) is 7.41. The molecule has 4 N–H and O–H groups in total. The number of rotatable bonds is 6. The van der Waals surface area contributed by atoms with Crippen LogP contribution in [0.25, 0.3) is 0 Å². The Balaban J connectivity index is 1.95. The van der Waals surface area contributed by atoms with Gasteiger partial charge in [0.25, 0.3) is 5.91 Å². The van der Waals surface area contributed by atoms with Crippen LogP contribution in [0.2, 0.25) is 0 Å². The Morgan fingerprint density at radius 1 is 1.48 bits per heavy atom. The first-order valence-corrected chi connectivity index (χ1v) is 8.23. The van der Waals surface area contributed by atoms with Gasteiger partial charge in [0.05, 0.1) is 6.61 Å². The highest BCUT2D eigenvalue weighted by Gasteiger charge is 2.25. The molecular formula is C14H24N4O2S. The van der Waals surface area contributed by atoms with Crippen LogP contribution in [0.4, 0.5) is 10.9 Å². The summed E-state index contributed by atoms with van der Waals surface area (Å²) in [5.74, 6) is 0.709. The van der Waals surface area contributed by atoms with Crippen molar-refractivity contribution in [1.29, 1.82) is 0 Å². The molecule has 2 unspecified atom stereocenters. The molecule has 1 heterocycles. The Morgan fingerprint density at radius 3 is 2.95 bits per heavy atom. The highest BCUT2D eigenvalue weighted by molar-refractivity contribution is 7.18. The number of nitrogen functional groups attached to an aromatic ring is 1. The third kappa shape index (κ3) is 4.31. The number of nitrogens with zero attached hydrogens (tertiary/aromatic N) is 1. The molecule has 0 radical (unpaired) electrons. The van der Waals surface area contributed by atoms with Gasteiger partial charge in [0.15, 0.2) is 5.13 Å². The summed E-state index contributed by atoms with van der Waals surface area (Å²) in [6, 6.07) is 0.248. The molecular weight excluding hydrogens is 288 g/mol. The van der Waals surface area contributed by atoms with E-state index in [1.54, 1.807) is 7.11 Å². The van der Waals surface area contributed by atoms with E-state index in [2.05, 4.69) is 22.5 Å². The molecule has 118 valence electrons. The number of hydrogen-bond donors (Lipinski definition) is 3. The summed E-state index contributed by atoms with van der Waals surface area (Å²) in [4.78, 5) is 17.0. The third-order valence-electron chi connectivity index (χ3n) is 3.87. The van der Waals surface area contributed by atoms with Crippen LogP contribution >= 0.6 is 11.3 Å². The SMILES string of the molecule is COCCNc1nc(N)c(C(=O)NC2CCCCC2C)s1. The zero-order valence-corrected chi connectivity index (χ0v) is 13.5. The second kappa shape index (κ2) is 7.61. The van der Waals surface area contributed by atoms with Crippen molar-refractivity contribution in [3.8, 4) is 0 Å². The van der Waals surface area contributed by atoms with Gasteiger partial charge in [0.1, 0.15) is 10.7 Å². The Labute approximate surface area is 129 Å². The largest absolute Gasteiger partial charge is 0.383 e. The number of nitrogens with two attached hydrogens (primary N) is 1. The number of carbonyl (C=O) groups excluding carboxylic acids is 1. The second-order valence-electron chi connectivity index (χ2n) is 5.49. The van der Waals surface area contributed by atoms with Gasteiger partial charge in [0, 0.05) is 19.7 Å². The van der Waals surface area contributed by atoms with Crippen molar-refractivity contribution in [2.75, 3.05) is 31.3 Å². The van der Waals surface area contributed by atoms with Gasteiger partial charge in [-0.1, -0.05) is 31.1 Å². The van der Waals surface area contributed by atoms with E-state index < -0.39 is 0 Å². The van der Waals surface area contributed by atoms with Crippen molar-refractivity contribution in [1.82, 2.24) is 10.3 Å². The molecule has 1 saturated carbocycles. The normalized spacial score (nSPS) is 22.0. The summed E-state index contributed by atoms with van der Waals surface area (Å²) < 4.78 is 4.96. The Bertz CT molecular complexity index is 478. The zero-order valence-electron chi connectivity index (χ0n) is 12.6. The van der Waals surface area contributed by atoms with Crippen molar-refractivity contribution in [2.24, 2.45) is 5.92 Å². The van der Waals surface area contributed by atoms with E-state index in [0.29, 0.717) is 34.9 Å². The number of carbonyl (C=O) groups is 1. The summed E-state index contributed by atoms with van der Waals surface area (Å²) in [6.45, 7) is 3.42. The average Bonchev–Trinajstić information content (AvgIpc) is 2.83. The predicted octanol–water partition coefficient (Wildman–Crippen LogP) is 2.09. The topological polar surface area (TPSA) is 89.3 Å². The van der Waals surface area contributed by atoms with Gasteiger partial charge in [-0.2, -0.15) is 0 Å². The zero-order chi connectivity index (χ0) is 15.2. The molecule has 7 heteroatoms. The molecule has 1 aromatic heterocycles. The Hall–Kier alpha value is -1.34. The molecule has 1 aliphatic carbocycles. The van der Waals surface area contributed by atoms with Gasteiger partial charge >= 0.3 is 0 Å². The van der Waals surface area contributed by atoms with E-state index >= 15 is 0 Å². The molecule has 1 amide bonds. The number of aromatic nitrogens is 1. The number of anilines is 2. The fraction of sp³-hybridized carbons (Fsp3) is 0.714. The quantitative estimate of drug-likeness (QED) is 0.700. The minimum Gasteiger partial charge on any atom is -0.383 e. The number of nitrogens with one attached hydrogen (secondary N) is 2. The fourth-order valence-corrected chi connectivity index (χ4v) is 3.41. The van der Waals surface area contributed by atoms with Crippen molar-refractivity contribution < 1.29 is 9.53 Å². The number of amides is 1. The fourth-order valence-electron chi connectivity index (χ4n) is 2.59. The summed E-state index contributed by atoms with van der Waals surface area (Å²) in [7, 11) is 1.64. The van der Waals surface area contributed by atoms with Gasteiger partial charge < -0.3 is 21.1 Å². The maximum absolute atomic E-state index is 12.3. The molecule has 2 atom stereocenters. The number of thiazole rings is 1. The first-order chi connectivity index (χ1) is 10.1. The maximum atomic E-state index is 12.3. The summed E-state index contributed by atoms with van der Waals surface area (Å²) in [6.07, 6.45) is 4.65. The van der Waals surface area contributed by atoms with Crippen molar-refractivity contribution in [2.45, 2.75) is 38.6 Å². The highest BCUT2D eigenvalue weighted by atomic mass is 32.1. The Kier molecular flexibility index (Phi) is 5.81. The molecule has 1 aromatic rings. The molecule has 0 aromatic carbocycles. The van der Waals surface area contributed by atoms with Crippen LogP contribution < -0.4 is 16.4 Å². The smallest absolute Gasteiger partial charge is 0.265 e. The molecule has 1 aliphatic rings. The van der Waals surface area contributed by atoms with Gasteiger partial charge in [-0.15, -0.1) is 0 Å². The predicted molar refractivity (Wildman–Crippen MR) is 85.8 cm³/mol. The van der Waals surface area contributed by atoms with Crippen molar-refractivity contribution in [3.05, 3.63) is 4.88 Å². The number of methoxy groups -OCH3 is 1. The Morgan fingerprint density at radius 2 is 2.24 bits per heavy atom. The van der Waals surface area contributed by atoms with Crippen LogP contribution in [0.5, 0.6) is 0 Å². The molecule has 6 nitrogen and oxygen atoms in total. The van der Waals surface area contributed by atoms with Crippen LogP contribution in [0.3, 0.4) is 0 Å². The summed E-state index contributed by atoms with van der Waals surface area (Å²) >= 11 is 1.29. The standard InChI is InChI=1S/C14H24N4O2S/c1-9-5-3-4-6-10(9)17-13(19)11-12(15)18-14(21-11)16-7-8-20-2/h9-10H,3-8,15H2,1-2H3,(H,16,18)(H,17,19). The van der Waals surface area contributed by atoms with Crippen LogP contribution in [-0.4, -0.2) is 37.2 Å². The molecule has 0 spiro atoms. The van der Waals surface area contributed by atoms with Gasteiger partial charge in [0.2, 0.25) is 0 Å². The van der Waals surface area contributed by atoms with E-state index in [1.807, 2.05) is 0 Å². The average molecular weight is 312 g/mol. The van der Waals surface area contributed by atoms with E-state index in [0.717, 1.165) is 6.42 Å². The van der Waals surface area contributed by atoms with Gasteiger partial charge in [-0.05, 0) is 18.8 Å². The lowest BCUT2D eigenvalue weighted by atomic mass is 9.86. The van der Waals surface area contributed by atoms with Crippen LogP contribution in [-0.2, 0) is 4.74 Å². The number of hydrogen-bond acceptors (Lipinski definition) is 6. The van der Waals surface area contributed by atoms with E-state index in [1.165, 1.54) is 30.6 Å². The highest BCUT2D eigenvalue weighted by Crippen LogP contribution is 2.27. The van der Waals surface area contributed by atoms with Crippen molar-refractivity contribution >= 4 is 28.2 Å². The first kappa shape index (κ1) is 16.0. The van der Waals surface area contributed by atoms with E-state index in [4.69, 9.17) is 10.5 Å². The third-order valence-corrected chi connectivity index (χ3v) is 4.90. The lowest BCUT2D eigenvalue weighted by molar-refractivity contribution is 0.0915. The molecule has 0 aliphatic heterocycles. The van der Waals surface area contributed by atoms with Crippen LogP contribution in [0, 0.1) is 5.92 Å². The van der Waals surface area contributed by atoms with Gasteiger partial charge in [-0.25, -0.2) is 4.98 Å². The number of ether oxygens (including phenoxy) is 1. The van der Waals surface area contributed by atoms with Crippen molar-refractivity contribution in [3.63, 3.8) is 0 Å². The lowest BCUT2D eigenvalue weighted by Crippen LogP contribution is -2.40. The van der Waals surface area contributed by atoms with E-state index in [-0.39, 0.29) is 11.9 Å². The van der Waals surface area contributed by atoms with E-state index in [9.17, 15) is 4.79 Å². The van der Waals surface area contributed by atoms with Crippen LogP contribution in [0.15, 0.2) is 0 Å². The monoisotopic (exact) mass is 312 g/mol. The molecule has 0 saturated heterocycles. The second-order valence-corrected chi connectivity index (χ2v) is 6.49. The molecule has 0 bridgehead atoms.